The molecule has 1 amide bonds. The van der Waals surface area contributed by atoms with Crippen LogP contribution in [0.5, 0.6) is 0 Å². The van der Waals surface area contributed by atoms with Gasteiger partial charge in [-0.2, -0.15) is 0 Å². The van der Waals surface area contributed by atoms with E-state index in [2.05, 4.69) is 24.1 Å². The summed E-state index contributed by atoms with van der Waals surface area (Å²) < 4.78 is 5.30. The predicted molar refractivity (Wildman–Crippen MR) is 84.6 cm³/mol. The summed E-state index contributed by atoms with van der Waals surface area (Å²) in [5.41, 5.74) is 0.627. The van der Waals surface area contributed by atoms with E-state index in [0.717, 1.165) is 10.8 Å². The van der Waals surface area contributed by atoms with Crippen molar-refractivity contribution in [3.05, 3.63) is 48.0 Å². The van der Waals surface area contributed by atoms with Crippen molar-refractivity contribution < 1.29 is 9.21 Å². The van der Waals surface area contributed by atoms with Gasteiger partial charge in [0.2, 0.25) is 0 Å². The van der Waals surface area contributed by atoms with Gasteiger partial charge in [0, 0.05) is 23.9 Å². The van der Waals surface area contributed by atoms with Crippen molar-refractivity contribution in [1.29, 1.82) is 0 Å². The molecule has 0 radical (unpaired) electrons. The summed E-state index contributed by atoms with van der Waals surface area (Å²) in [6.07, 6.45) is 4.03. The number of hydrogen-bond donors (Lipinski definition) is 1. The number of nitrogens with zero attached hydrogens (tertiary/aromatic N) is 1. The lowest BCUT2D eigenvalue weighted by Gasteiger charge is -2.14. The van der Waals surface area contributed by atoms with Gasteiger partial charge in [0.05, 0.1) is 11.8 Å². The number of nitrogens with one attached hydrogen (secondary N) is 1. The van der Waals surface area contributed by atoms with E-state index in [4.69, 9.17) is 4.42 Å². The first-order valence-corrected chi connectivity index (χ1v) is 7.89. The second kappa shape index (κ2) is 7.31. The molecule has 1 atom stereocenters. The van der Waals surface area contributed by atoms with Crippen LogP contribution in [-0.4, -0.2) is 22.2 Å². The minimum Gasteiger partial charge on any atom is -0.469 e. The Balaban J connectivity index is 2.02. The van der Waals surface area contributed by atoms with Gasteiger partial charge >= 0.3 is 0 Å². The summed E-state index contributed by atoms with van der Waals surface area (Å²) in [6, 6.07) is 7.36. The van der Waals surface area contributed by atoms with Gasteiger partial charge in [-0.15, -0.1) is 11.8 Å². The van der Waals surface area contributed by atoms with Crippen LogP contribution in [0.25, 0.3) is 0 Å². The molecule has 0 bridgehead atoms. The van der Waals surface area contributed by atoms with Crippen LogP contribution in [-0.2, 0) is 6.42 Å². The van der Waals surface area contributed by atoms with E-state index in [1.165, 1.54) is 0 Å². The number of carbonyl (C=O) groups is 1. The fraction of sp³-hybridized carbons (Fsp3) is 0.375. The van der Waals surface area contributed by atoms with Crippen LogP contribution in [0.3, 0.4) is 0 Å². The summed E-state index contributed by atoms with van der Waals surface area (Å²) in [5.74, 6) is 0.774. The van der Waals surface area contributed by atoms with E-state index in [0.29, 0.717) is 17.2 Å². The largest absolute Gasteiger partial charge is 0.469 e. The summed E-state index contributed by atoms with van der Waals surface area (Å²) in [6.45, 7) is 6.13. The lowest BCUT2D eigenvalue weighted by molar-refractivity contribution is 0.0935. The normalized spacial score (nSPS) is 12.4. The Labute approximate surface area is 129 Å². The van der Waals surface area contributed by atoms with Gasteiger partial charge in [0.25, 0.3) is 5.91 Å². The van der Waals surface area contributed by atoms with E-state index in [1.807, 2.05) is 25.1 Å². The number of aromatic nitrogens is 1. The summed E-state index contributed by atoms with van der Waals surface area (Å²) >= 11 is 1.60. The van der Waals surface area contributed by atoms with Crippen LogP contribution in [0.4, 0.5) is 0 Å². The summed E-state index contributed by atoms with van der Waals surface area (Å²) in [7, 11) is 0. The first-order chi connectivity index (χ1) is 10.1. The zero-order valence-electron chi connectivity index (χ0n) is 12.5. The Morgan fingerprint density at radius 2 is 2.14 bits per heavy atom. The molecule has 0 aliphatic carbocycles. The van der Waals surface area contributed by atoms with Gasteiger partial charge in [-0.05, 0) is 31.2 Å². The third kappa shape index (κ3) is 4.63. The van der Waals surface area contributed by atoms with Crippen molar-refractivity contribution in [2.45, 2.75) is 43.5 Å². The smallest absolute Gasteiger partial charge is 0.254 e. The topological polar surface area (TPSA) is 55.1 Å². The SMILES string of the molecule is CC(C)Sc1ncccc1C(=O)N[C@@H](C)Cc1ccco1. The highest BCUT2D eigenvalue weighted by molar-refractivity contribution is 7.99. The fourth-order valence-electron chi connectivity index (χ4n) is 1.96. The molecule has 5 heteroatoms. The van der Waals surface area contributed by atoms with Gasteiger partial charge in [-0.3, -0.25) is 4.79 Å². The summed E-state index contributed by atoms with van der Waals surface area (Å²) in [5, 5.41) is 4.15. The minimum absolute atomic E-state index is 0.000700. The molecule has 2 aromatic heterocycles. The summed E-state index contributed by atoms with van der Waals surface area (Å²) in [4.78, 5) is 16.7. The van der Waals surface area contributed by atoms with Crippen molar-refractivity contribution in [3.63, 3.8) is 0 Å². The van der Waals surface area contributed by atoms with Crippen LogP contribution in [0.15, 0.2) is 46.2 Å². The molecule has 112 valence electrons. The van der Waals surface area contributed by atoms with Crippen molar-refractivity contribution in [1.82, 2.24) is 10.3 Å². The standard InChI is InChI=1S/C16H20N2O2S/c1-11(2)21-16-14(7-4-8-17-16)15(19)18-12(3)10-13-6-5-9-20-13/h4-9,11-12H,10H2,1-3H3,(H,18,19)/t12-/m0/s1. The second-order valence-corrected chi connectivity index (χ2v) is 6.75. The van der Waals surface area contributed by atoms with E-state index in [9.17, 15) is 4.79 Å². The molecular weight excluding hydrogens is 284 g/mol. The van der Waals surface area contributed by atoms with Crippen molar-refractivity contribution >= 4 is 17.7 Å². The van der Waals surface area contributed by atoms with Gasteiger partial charge in [-0.1, -0.05) is 13.8 Å². The van der Waals surface area contributed by atoms with Crippen LogP contribution in [0.2, 0.25) is 0 Å². The minimum atomic E-state index is -0.0923. The van der Waals surface area contributed by atoms with Crippen molar-refractivity contribution in [2.75, 3.05) is 0 Å². The molecule has 1 N–H and O–H groups in total. The van der Waals surface area contributed by atoms with Gasteiger partial charge in [-0.25, -0.2) is 4.98 Å². The first kappa shape index (κ1) is 15.6. The van der Waals surface area contributed by atoms with Gasteiger partial charge < -0.3 is 9.73 Å². The number of amides is 1. The van der Waals surface area contributed by atoms with E-state index in [-0.39, 0.29) is 11.9 Å². The average Bonchev–Trinajstić information content (AvgIpc) is 2.91. The molecule has 2 aromatic rings. The highest BCUT2D eigenvalue weighted by Crippen LogP contribution is 2.24. The quantitative estimate of drug-likeness (QED) is 0.829. The lowest BCUT2D eigenvalue weighted by Crippen LogP contribution is -2.34. The second-order valence-electron chi connectivity index (χ2n) is 5.18. The Morgan fingerprint density at radius 3 is 2.81 bits per heavy atom. The fourth-order valence-corrected chi connectivity index (χ4v) is 2.82. The van der Waals surface area contributed by atoms with Crippen molar-refractivity contribution in [2.24, 2.45) is 0 Å². The van der Waals surface area contributed by atoms with Gasteiger partial charge in [0.15, 0.2) is 0 Å². The van der Waals surface area contributed by atoms with Crippen LogP contribution in [0.1, 0.15) is 36.9 Å². The molecule has 0 aliphatic heterocycles. The van der Waals surface area contributed by atoms with Crippen LogP contribution < -0.4 is 5.32 Å². The molecule has 4 nitrogen and oxygen atoms in total. The molecule has 0 aliphatic rings. The molecule has 2 heterocycles. The first-order valence-electron chi connectivity index (χ1n) is 7.01. The lowest BCUT2D eigenvalue weighted by atomic mass is 10.2. The average molecular weight is 304 g/mol. The number of carbonyl (C=O) groups excluding carboxylic acids is 1. The molecule has 2 rings (SSSR count). The number of furan rings is 1. The number of rotatable bonds is 6. The van der Waals surface area contributed by atoms with E-state index in [1.54, 1.807) is 30.3 Å². The Bertz CT molecular complexity index is 582. The molecular formula is C16H20N2O2S. The third-order valence-electron chi connectivity index (χ3n) is 2.83. The molecule has 0 fully saturated rings. The Hall–Kier alpha value is -1.75. The zero-order chi connectivity index (χ0) is 15.2. The van der Waals surface area contributed by atoms with E-state index >= 15 is 0 Å². The van der Waals surface area contributed by atoms with Crippen LogP contribution >= 0.6 is 11.8 Å². The maximum Gasteiger partial charge on any atom is 0.254 e. The number of hydrogen-bond acceptors (Lipinski definition) is 4. The predicted octanol–water partition coefficient (Wildman–Crippen LogP) is 3.54. The maximum atomic E-state index is 12.4. The Kier molecular flexibility index (Phi) is 5.44. The molecule has 0 saturated heterocycles. The molecule has 0 spiro atoms. The van der Waals surface area contributed by atoms with E-state index < -0.39 is 0 Å². The maximum absolute atomic E-state index is 12.4. The molecule has 0 unspecified atom stereocenters. The van der Waals surface area contributed by atoms with Gasteiger partial charge in [0.1, 0.15) is 10.8 Å². The van der Waals surface area contributed by atoms with Crippen LogP contribution in [0, 0.1) is 0 Å². The highest BCUT2D eigenvalue weighted by Gasteiger charge is 2.16. The monoisotopic (exact) mass is 304 g/mol. The highest BCUT2D eigenvalue weighted by atomic mass is 32.2. The number of pyridine rings is 1. The molecule has 0 saturated carbocycles. The van der Waals surface area contributed by atoms with Crippen molar-refractivity contribution in [3.8, 4) is 0 Å². The number of thioether (sulfide) groups is 1. The molecule has 0 aromatic carbocycles. The zero-order valence-corrected chi connectivity index (χ0v) is 13.3. The molecule has 21 heavy (non-hydrogen) atoms. The Morgan fingerprint density at radius 1 is 1.33 bits per heavy atom. The third-order valence-corrected chi connectivity index (χ3v) is 3.85.